The van der Waals surface area contributed by atoms with Gasteiger partial charge in [0.1, 0.15) is 29.6 Å². The smallest absolute Gasteiger partial charge is 0.295 e. The van der Waals surface area contributed by atoms with Gasteiger partial charge in [-0.15, -0.1) is 0 Å². The number of ketones is 1. The Labute approximate surface area is 222 Å². The monoisotopic (exact) mass is 517 g/mol. The molecule has 1 aliphatic rings. The van der Waals surface area contributed by atoms with Gasteiger partial charge in [-0.1, -0.05) is 36.4 Å². The summed E-state index contributed by atoms with van der Waals surface area (Å²) in [5, 5.41) is 11.4. The molecule has 8 heteroatoms. The van der Waals surface area contributed by atoms with Crippen molar-refractivity contribution in [3.8, 4) is 17.2 Å². The van der Waals surface area contributed by atoms with Crippen molar-refractivity contribution in [2.24, 2.45) is 0 Å². The van der Waals surface area contributed by atoms with Crippen molar-refractivity contribution in [3.63, 3.8) is 0 Å². The Balaban J connectivity index is 1.73. The molecule has 1 fully saturated rings. The molecule has 198 valence electrons. The number of Topliss-reactive ketones (excluding diaryl/α,β-unsaturated/α-hetero) is 1. The Kier molecular flexibility index (Phi) is 8.33. The number of hydrogen-bond acceptors (Lipinski definition) is 7. The largest absolute Gasteiger partial charge is 0.507 e. The lowest BCUT2D eigenvalue weighted by atomic mass is 9.95. The summed E-state index contributed by atoms with van der Waals surface area (Å²) in [5.74, 6) is -0.398. The van der Waals surface area contributed by atoms with Gasteiger partial charge in [0.05, 0.1) is 38.0 Å². The molecule has 1 aliphatic heterocycles. The Hall–Kier alpha value is -4.30. The summed E-state index contributed by atoms with van der Waals surface area (Å²) in [5.41, 5.74) is 3.08. The molecule has 1 heterocycles. The number of methoxy groups -OCH3 is 3. The van der Waals surface area contributed by atoms with Crippen LogP contribution in [0.5, 0.6) is 17.2 Å². The maximum atomic E-state index is 13.2. The lowest BCUT2D eigenvalue weighted by molar-refractivity contribution is -0.140. The fourth-order valence-corrected chi connectivity index (χ4v) is 4.47. The molecule has 1 saturated heterocycles. The van der Waals surface area contributed by atoms with Crippen LogP contribution in [0.15, 0.2) is 72.3 Å². The van der Waals surface area contributed by atoms with E-state index in [0.717, 1.165) is 11.1 Å². The summed E-state index contributed by atoms with van der Waals surface area (Å²) in [4.78, 5) is 27.7. The van der Waals surface area contributed by atoms with Gasteiger partial charge in [0, 0.05) is 13.7 Å². The number of ether oxygens (including phenoxy) is 4. The minimum atomic E-state index is -0.827. The highest BCUT2D eigenvalue weighted by Gasteiger charge is 2.46. The fraction of sp³-hybridized carbons (Fsp3) is 0.267. The number of likely N-dealkylation sites (tertiary alicyclic amines) is 1. The molecule has 38 heavy (non-hydrogen) atoms. The maximum Gasteiger partial charge on any atom is 0.295 e. The minimum Gasteiger partial charge on any atom is -0.507 e. The van der Waals surface area contributed by atoms with Gasteiger partial charge in [0.25, 0.3) is 11.7 Å². The minimum absolute atomic E-state index is 0.0359. The molecule has 0 saturated carbocycles. The predicted octanol–water partition coefficient (Wildman–Crippen LogP) is 4.66. The number of carbonyl (C=O) groups is 2. The molecule has 0 aromatic heterocycles. The topological polar surface area (TPSA) is 94.5 Å². The van der Waals surface area contributed by atoms with Crippen LogP contribution in [0.1, 0.15) is 28.3 Å². The van der Waals surface area contributed by atoms with E-state index in [9.17, 15) is 14.7 Å². The molecule has 0 spiro atoms. The van der Waals surface area contributed by atoms with Crippen molar-refractivity contribution in [1.29, 1.82) is 0 Å². The van der Waals surface area contributed by atoms with Crippen LogP contribution in [0.25, 0.3) is 5.76 Å². The molecule has 1 unspecified atom stereocenters. The van der Waals surface area contributed by atoms with Crippen LogP contribution in [0.3, 0.4) is 0 Å². The molecule has 3 aromatic carbocycles. The summed E-state index contributed by atoms with van der Waals surface area (Å²) in [6, 6.07) is 19.2. The second-order valence-corrected chi connectivity index (χ2v) is 8.84. The van der Waals surface area contributed by atoms with E-state index in [2.05, 4.69) is 0 Å². The SMILES string of the molecule is COCCN1C(=O)C(=O)/C(=C(/O)c2cc(OC)ccc2OC)C1c1ccc(OCc2ccccc2C)cc1. The van der Waals surface area contributed by atoms with Gasteiger partial charge < -0.3 is 29.0 Å². The second kappa shape index (κ2) is 11.8. The molecule has 1 atom stereocenters. The van der Waals surface area contributed by atoms with E-state index in [1.54, 1.807) is 42.5 Å². The van der Waals surface area contributed by atoms with Gasteiger partial charge in [-0.25, -0.2) is 0 Å². The van der Waals surface area contributed by atoms with E-state index in [-0.39, 0.29) is 30.0 Å². The summed E-state index contributed by atoms with van der Waals surface area (Å²) >= 11 is 0. The highest BCUT2D eigenvalue weighted by Crippen LogP contribution is 2.41. The molecule has 0 radical (unpaired) electrons. The van der Waals surface area contributed by atoms with E-state index in [1.807, 2.05) is 31.2 Å². The number of amides is 1. The molecule has 8 nitrogen and oxygen atoms in total. The van der Waals surface area contributed by atoms with E-state index < -0.39 is 17.7 Å². The number of aliphatic hydroxyl groups is 1. The number of rotatable bonds is 10. The van der Waals surface area contributed by atoms with E-state index in [4.69, 9.17) is 18.9 Å². The first-order chi connectivity index (χ1) is 18.4. The van der Waals surface area contributed by atoms with Gasteiger partial charge in [0.15, 0.2) is 0 Å². The van der Waals surface area contributed by atoms with Crippen LogP contribution >= 0.6 is 0 Å². The van der Waals surface area contributed by atoms with Crippen LogP contribution in [-0.2, 0) is 20.9 Å². The van der Waals surface area contributed by atoms with E-state index in [0.29, 0.717) is 29.4 Å². The molecule has 0 aliphatic carbocycles. The van der Waals surface area contributed by atoms with Crippen molar-refractivity contribution in [2.45, 2.75) is 19.6 Å². The zero-order valence-electron chi connectivity index (χ0n) is 21.9. The number of nitrogens with zero attached hydrogens (tertiary/aromatic N) is 1. The van der Waals surface area contributed by atoms with Gasteiger partial charge in [-0.2, -0.15) is 0 Å². The van der Waals surface area contributed by atoms with Crippen molar-refractivity contribution >= 4 is 17.4 Å². The lowest BCUT2D eigenvalue weighted by Crippen LogP contribution is -2.32. The van der Waals surface area contributed by atoms with Crippen molar-refractivity contribution in [2.75, 3.05) is 34.5 Å². The Morgan fingerprint density at radius 1 is 0.921 bits per heavy atom. The molecule has 4 rings (SSSR count). The molecular weight excluding hydrogens is 486 g/mol. The third kappa shape index (κ3) is 5.35. The first-order valence-electron chi connectivity index (χ1n) is 12.2. The highest BCUT2D eigenvalue weighted by atomic mass is 16.5. The number of benzene rings is 3. The second-order valence-electron chi connectivity index (χ2n) is 8.84. The van der Waals surface area contributed by atoms with Crippen LogP contribution in [0.2, 0.25) is 0 Å². The zero-order valence-corrected chi connectivity index (χ0v) is 21.9. The fourth-order valence-electron chi connectivity index (χ4n) is 4.47. The van der Waals surface area contributed by atoms with Gasteiger partial charge in [-0.3, -0.25) is 9.59 Å². The van der Waals surface area contributed by atoms with Crippen LogP contribution in [-0.4, -0.2) is 56.2 Å². The Morgan fingerprint density at radius 3 is 2.29 bits per heavy atom. The third-order valence-corrected chi connectivity index (χ3v) is 6.59. The molecule has 0 bridgehead atoms. The number of hydrogen-bond donors (Lipinski definition) is 1. The molecule has 1 amide bonds. The van der Waals surface area contributed by atoms with Gasteiger partial charge >= 0.3 is 0 Å². The molecule has 3 aromatic rings. The summed E-state index contributed by atoms with van der Waals surface area (Å²) < 4.78 is 21.9. The molecule has 1 N–H and O–H groups in total. The Morgan fingerprint density at radius 2 is 1.63 bits per heavy atom. The molecular formula is C30H31NO7. The van der Waals surface area contributed by atoms with E-state index in [1.165, 1.54) is 26.2 Å². The first kappa shape index (κ1) is 26.8. The van der Waals surface area contributed by atoms with Crippen molar-refractivity contribution in [1.82, 2.24) is 4.90 Å². The van der Waals surface area contributed by atoms with Crippen LogP contribution in [0, 0.1) is 6.92 Å². The first-order valence-corrected chi connectivity index (χ1v) is 12.2. The standard InChI is InChI=1S/C30H31NO7/c1-19-7-5-6-8-21(19)18-38-22-11-9-20(10-12-22)27-26(29(33)30(34)31(27)15-16-35-2)28(32)24-17-23(36-3)13-14-25(24)37-4/h5-14,17,27,32H,15-16,18H2,1-4H3/b28-26+. The number of carbonyl (C=O) groups excluding carboxylic acids is 2. The number of aryl methyl sites for hydroxylation is 1. The average molecular weight is 518 g/mol. The van der Waals surface area contributed by atoms with Crippen LogP contribution in [0.4, 0.5) is 0 Å². The quantitative estimate of drug-likeness (QED) is 0.237. The lowest BCUT2D eigenvalue weighted by Gasteiger charge is -2.25. The number of aliphatic hydroxyl groups excluding tert-OH is 1. The highest BCUT2D eigenvalue weighted by molar-refractivity contribution is 6.46. The van der Waals surface area contributed by atoms with Crippen molar-refractivity contribution < 1.29 is 33.6 Å². The summed E-state index contributed by atoms with van der Waals surface area (Å²) in [6.45, 7) is 2.84. The van der Waals surface area contributed by atoms with E-state index >= 15 is 0 Å². The maximum absolute atomic E-state index is 13.2. The van der Waals surface area contributed by atoms with Gasteiger partial charge in [0.2, 0.25) is 0 Å². The normalized spacial score (nSPS) is 16.5. The summed E-state index contributed by atoms with van der Waals surface area (Å²) in [6.07, 6.45) is 0. The summed E-state index contributed by atoms with van der Waals surface area (Å²) in [7, 11) is 4.48. The predicted molar refractivity (Wildman–Crippen MR) is 142 cm³/mol. The zero-order chi connectivity index (χ0) is 27.2. The average Bonchev–Trinajstić information content (AvgIpc) is 3.20. The van der Waals surface area contributed by atoms with Gasteiger partial charge in [-0.05, 0) is 53.9 Å². The third-order valence-electron chi connectivity index (χ3n) is 6.59. The van der Waals surface area contributed by atoms with Crippen molar-refractivity contribution in [3.05, 3.63) is 94.6 Å². The van der Waals surface area contributed by atoms with Crippen LogP contribution < -0.4 is 14.2 Å². The Bertz CT molecular complexity index is 1350.